The molecule has 10 heteroatoms. The third-order valence-electron chi connectivity index (χ3n) is 6.24. The Balaban J connectivity index is 1.53. The summed E-state index contributed by atoms with van der Waals surface area (Å²) in [6.07, 6.45) is 0.840. The summed E-state index contributed by atoms with van der Waals surface area (Å²) in [6.45, 7) is 0.0625. The Kier molecular flexibility index (Phi) is 5.58. The van der Waals surface area contributed by atoms with E-state index in [4.69, 9.17) is 4.74 Å². The summed E-state index contributed by atoms with van der Waals surface area (Å²) in [5.41, 5.74) is 4.08. The van der Waals surface area contributed by atoms with Gasteiger partial charge in [-0.1, -0.05) is 30.3 Å². The van der Waals surface area contributed by atoms with Crippen LogP contribution in [-0.4, -0.2) is 52.2 Å². The molecule has 35 heavy (non-hydrogen) atoms. The van der Waals surface area contributed by atoms with Crippen LogP contribution in [0.4, 0.5) is 19.4 Å². The van der Waals surface area contributed by atoms with Crippen LogP contribution in [0.3, 0.4) is 0 Å². The van der Waals surface area contributed by atoms with Crippen molar-refractivity contribution >= 4 is 23.6 Å². The maximum Gasteiger partial charge on any atom is 0.410 e. The molecule has 3 heterocycles. The maximum atomic E-state index is 13.3. The van der Waals surface area contributed by atoms with Crippen molar-refractivity contribution in [2.24, 2.45) is 5.92 Å². The number of methoxy groups -OCH3 is 1. The van der Waals surface area contributed by atoms with E-state index in [2.05, 4.69) is 15.3 Å². The molecule has 1 unspecified atom stereocenters. The molecule has 2 aromatic heterocycles. The molecule has 8 nitrogen and oxygen atoms in total. The Morgan fingerprint density at radius 2 is 1.97 bits per heavy atom. The number of hydrogen-bond acceptors (Lipinski definition) is 5. The summed E-state index contributed by atoms with van der Waals surface area (Å²) in [5.74, 6) is -5.19. The number of pyridine rings is 1. The topological polar surface area (TPSA) is 104 Å². The normalized spacial score (nSPS) is 18.1. The van der Waals surface area contributed by atoms with Crippen LogP contribution in [0.2, 0.25) is 0 Å². The fourth-order valence-corrected chi connectivity index (χ4v) is 4.40. The molecule has 5 rings (SSSR count). The molecular formula is C25H22F2N4O4. The van der Waals surface area contributed by atoms with Gasteiger partial charge in [0.1, 0.15) is 11.7 Å². The minimum atomic E-state index is -2.98. The minimum absolute atomic E-state index is 0.105. The van der Waals surface area contributed by atoms with Gasteiger partial charge < -0.3 is 15.0 Å². The molecule has 0 saturated heterocycles. The van der Waals surface area contributed by atoms with E-state index in [9.17, 15) is 23.2 Å². The van der Waals surface area contributed by atoms with Gasteiger partial charge in [-0.2, -0.15) is 0 Å². The number of carbonyl (C=O) groups is 3. The Hall–Kier alpha value is -4.08. The lowest BCUT2D eigenvalue weighted by Gasteiger charge is -2.25. The minimum Gasteiger partial charge on any atom is -0.453 e. The number of halogens is 2. The first kappa shape index (κ1) is 22.7. The van der Waals surface area contributed by atoms with Crippen molar-refractivity contribution in [2.75, 3.05) is 19.0 Å². The fraction of sp³-hybridized carbons (Fsp3) is 0.280. The highest BCUT2D eigenvalue weighted by atomic mass is 19.3. The van der Waals surface area contributed by atoms with E-state index in [0.29, 0.717) is 28.9 Å². The van der Waals surface area contributed by atoms with E-state index in [1.165, 1.54) is 18.2 Å². The number of H-pyrrole nitrogens is 1. The second-order valence-electron chi connectivity index (χ2n) is 8.68. The number of nitrogens with one attached hydrogen (secondary N) is 2. The quantitative estimate of drug-likeness (QED) is 0.574. The second kappa shape index (κ2) is 8.61. The Morgan fingerprint density at radius 1 is 1.23 bits per heavy atom. The molecule has 2 amide bonds. The zero-order chi connectivity index (χ0) is 24.7. The van der Waals surface area contributed by atoms with Gasteiger partial charge in [-0.15, -0.1) is 0 Å². The van der Waals surface area contributed by atoms with E-state index < -0.39 is 30.3 Å². The van der Waals surface area contributed by atoms with E-state index in [1.54, 1.807) is 12.1 Å². The average molecular weight is 480 g/mol. The molecule has 1 aliphatic carbocycles. The molecule has 1 atom stereocenters. The van der Waals surface area contributed by atoms with Gasteiger partial charge in [-0.3, -0.25) is 14.5 Å². The largest absolute Gasteiger partial charge is 0.453 e. The van der Waals surface area contributed by atoms with Crippen LogP contribution in [0.15, 0.2) is 48.7 Å². The van der Waals surface area contributed by atoms with E-state index >= 15 is 0 Å². The standard InChI is InChI=1S/C25H22F2N4O4/c1-35-24(34)31-12-18-21(19(32)13-31)16(9-14-5-3-2-4-6-14)22(29-18)15-7-8-28-20(10-15)30-23(33)17-11-25(17,26)27/h2-8,10,17,29H,9,11-13H2,1H3,(H,28,30,33). The van der Waals surface area contributed by atoms with Gasteiger partial charge in [0.25, 0.3) is 5.92 Å². The highest BCUT2D eigenvalue weighted by Crippen LogP contribution is 2.49. The van der Waals surface area contributed by atoms with Gasteiger partial charge in [0.2, 0.25) is 5.91 Å². The molecule has 0 spiro atoms. The number of hydrogen-bond donors (Lipinski definition) is 2. The number of fused-ring (bicyclic) bond motifs is 1. The van der Waals surface area contributed by atoms with Crippen molar-refractivity contribution in [1.82, 2.24) is 14.9 Å². The molecule has 2 aliphatic rings. The lowest BCUT2D eigenvalue weighted by Crippen LogP contribution is -2.39. The monoisotopic (exact) mass is 480 g/mol. The van der Waals surface area contributed by atoms with Crippen LogP contribution in [0.1, 0.15) is 33.6 Å². The van der Waals surface area contributed by atoms with Crippen LogP contribution >= 0.6 is 0 Å². The summed E-state index contributed by atoms with van der Waals surface area (Å²) in [7, 11) is 1.26. The van der Waals surface area contributed by atoms with Gasteiger partial charge >= 0.3 is 6.09 Å². The molecule has 180 valence electrons. The number of Topliss-reactive ketones (excluding diaryl/α,β-unsaturated/α-hetero) is 1. The number of rotatable bonds is 5. The van der Waals surface area contributed by atoms with Crippen LogP contribution in [0, 0.1) is 5.92 Å². The summed E-state index contributed by atoms with van der Waals surface area (Å²) in [4.78, 5) is 46.0. The number of ether oxygens (including phenoxy) is 1. The number of amides is 2. The number of ketones is 1. The average Bonchev–Trinajstić information content (AvgIpc) is 3.34. The molecule has 1 saturated carbocycles. The lowest BCUT2D eigenvalue weighted by atomic mass is 9.94. The summed E-state index contributed by atoms with van der Waals surface area (Å²) < 4.78 is 31.3. The van der Waals surface area contributed by atoms with E-state index in [-0.39, 0.29) is 24.7 Å². The third kappa shape index (κ3) is 4.39. The number of anilines is 1. The lowest BCUT2D eigenvalue weighted by molar-refractivity contribution is -0.119. The van der Waals surface area contributed by atoms with Crippen LogP contribution in [0.5, 0.6) is 0 Å². The number of aromatic nitrogens is 2. The molecule has 1 aromatic carbocycles. The molecule has 2 N–H and O–H groups in total. The SMILES string of the molecule is COC(=O)N1CC(=O)c2c([nH]c(-c3ccnc(NC(=O)C4CC4(F)F)c3)c2Cc2ccccc2)C1. The van der Waals surface area contributed by atoms with Crippen molar-refractivity contribution < 1.29 is 27.9 Å². The van der Waals surface area contributed by atoms with Gasteiger partial charge in [0.15, 0.2) is 5.78 Å². The summed E-state index contributed by atoms with van der Waals surface area (Å²) in [5, 5.41) is 2.46. The summed E-state index contributed by atoms with van der Waals surface area (Å²) in [6, 6.07) is 12.9. The maximum absolute atomic E-state index is 13.3. The Bertz CT molecular complexity index is 1320. The van der Waals surface area contributed by atoms with Gasteiger partial charge in [-0.25, -0.2) is 18.6 Å². The predicted molar refractivity (Wildman–Crippen MR) is 122 cm³/mol. The summed E-state index contributed by atoms with van der Waals surface area (Å²) >= 11 is 0. The number of carbonyl (C=O) groups excluding carboxylic acids is 3. The molecule has 3 aromatic rings. The first-order valence-electron chi connectivity index (χ1n) is 11.1. The highest BCUT2D eigenvalue weighted by Gasteiger charge is 2.61. The van der Waals surface area contributed by atoms with Crippen molar-refractivity contribution in [3.63, 3.8) is 0 Å². The Labute approximate surface area is 199 Å². The van der Waals surface area contributed by atoms with Crippen molar-refractivity contribution in [3.8, 4) is 11.3 Å². The smallest absolute Gasteiger partial charge is 0.410 e. The predicted octanol–water partition coefficient (Wildman–Crippen LogP) is 4.03. The zero-order valence-electron chi connectivity index (χ0n) is 18.8. The van der Waals surface area contributed by atoms with Crippen LogP contribution in [-0.2, 0) is 22.5 Å². The second-order valence-corrected chi connectivity index (χ2v) is 8.68. The van der Waals surface area contributed by atoms with Gasteiger partial charge in [0, 0.05) is 35.9 Å². The van der Waals surface area contributed by atoms with E-state index in [0.717, 1.165) is 11.1 Å². The number of alkyl halides is 2. The zero-order valence-corrected chi connectivity index (χ0v) is 18.8. The Morgan fingerprint density at radius 3 is 2.66 bits per heavy atom. The third-order valence-corrected chi connectivity index (χ3v) is 6.24. The van der Waals surface area contributed by atoms with Crippen molar-refractivity contribution in [2.45, 2.75) is 25.3 Å². The number of aromatic amines is 1. The molecule has 1 aliphatic heterocycles. The first-order valence-corrected chi connectivity index (χ1v) is 11.1. The molecule has 1 fully saturated rings. The first-order chi connectivity index (χ1) is 16.8. The van der Waals surface area contributed by atoms with E-state index in [1.807, 2.05) is 30.3 Å². The molecular weight excluding hydrogens is 458 g/mol. The van der Waals surface area contributed by atoms with Crippen LogP contribution in [0.25, 0.3) is 11.3 Å². The van der Waals surface area contributed by atoms with Gasteiger partial charge in [0.05, 0.1) is 25.9 Å². The molecule has 0 bridgehead atoms. The highest BCUT2D eigenvalue weighted by molar-refractivity contribution is 6.04. The van der Waals surface area contributed by atoms with Crippen molar-refractivity contribution in [3.05, 3.63) is 71.0 Å². The fourth-order valence-electron chi connectivity index (χ4n) is 4.40. The van der Waals surface area contributed by atoms with Crippen molar-refractivity contribution in [1.29, 1.82) is 0 Å². The van der Waals surface area contributed by atoms with Gasteiger partial charge in [-0.05, 0) is 23.3 Å². The molecule has 0 radical (unpaired) electrons. The van der Waals surface area contributed by atoms with Crippen LogP contribution < -0.4 is 5.32 Å². The number of nitrogens with zero attached hydrogens (tertiary/aromatic N) is 2. The number of benzene rings is 1.